The molecule has 7 heteroatoms. The van der Waals surface area contributed by atoms with Crippen LogP contribution in [0.15, 0.2) is 24.3 Å². The Balaban J connectivity index is 1.98. The summed E-state index contributed by atoms with van der Waals surface area (Å²) in [6.45, 7) is 0.259. The van der Waals surface area contributed by atoms with Crippen LogP contribution in [0.4, 0.5) is 4.79 Å². The lowest BCUT2D eigenvalue weighted by atomic mass is 9.89. The van der Waals surface area contributed by atoms with Crippen molar-refractivity contribution in [3.63, 3.8) is 0 Å². The van der Waals surface area contributed by atoms with Crippen LogP contribution in [0.2, 0.25) is 0 Å². The zero-order valence-corrected chi connectivity index (χ0v) is 15.5. The van der Waals surface area contributed by atoms with E-state index in [1.54, 1.807) is 32.3 Å². The Morgan fingerprint density at radius 3 is 2.35 bits per heavy atom. The van der Waals surface area contributed by atoms with Crippen molar-refractivity contribution in [2.24, 2.45) is 5.73 Å². The molecule has 0 saturated heterocycles. The Morgan fingerprint density at radius 2 is 1.77 bits per heavy atom. The molecular formula is C19H28N4O3. The van der Waals surface area contributed by atoms with Crippen molar-refractivity contribution in [1.82, 2.24) is 15.5 Å². The molecule has 0 bridgehead atoms. The van der Waals surface area contributed by atoms with Gasteiger partial charge in [0, 0.05) is 26.2 Å². The van der Waals surface area contributed by atoms with E-state index in [4.69, 9.17) is 5.73 Å². The van der Waals surface area contributed by atoms with Gasteiger partial charge in [0.1, 0.15) is 5.54 Å². The number of primary amides is 1. The van der Waals surface area contributed by atoms with Crippen LogP contribution in [-0.2, 0) is 11.3 Å². The molecule has 0 radical (unpaired) electrons. The summed E-state index contributed by atoms with van der Waals surface area (Å²) in [6, 6.07) is 6.68. The van der Waals surface area contributed by atoms with E-state index in [0.717, 1.165) is 31.2 Å². The van der Waals surface area contributed by atoms with E-state index in [2.05, 4.69) is 10.6 Å². The number of nitrogens with one attached hydrogen (secondary N) is 2. The van der Waals surface area contributed by atoms with Crippen molar-refractivity contribution in [3.05, 3.63) is 35.4 Å². The topological polar surface area (TPSA) is 105 Å². The Bertz CT molecular complexity index is 665. The fraction of sp³-hybridized carbons (Fsp3) is 0.526. The lowest BCUT2D eigenvalue weighted by Gasteiger charge is -2.30. The van der Waals surface area contributed by atoms with Gasteiger partial charge in [0.25, 0.3) is 5.91 Å². The highest BCUT2D eigenvalue weighted by atomic mass is 16.2. The quantitative estimate of drug-likeness (QED) is 0.697. The molecule has 1 aliphatic rings. The first-order chi connectivity index (χ1) is 12.3. The second-order valence-corrected chi connectivity index (χ2v) is 7.07. The van der Waals surface area contributed by atoms with Crippen molar-refractivity contribution >= 4 is 17.8 Å². The number of hydrogen-bond acceptors (Lipinski definition) is 3. The third kappa shape index (κ3) is 4.97. The molecular weight excluding hydrogens is 332 g/mol. The van der Waals surface area contributed by atoms with Gasteiger partial charge in [0.15, 0.2) is 0 Å². The normalized spacial score (nSPS) is 16.2. The lowest BCUT2D eigenvalue weighted by molar-refractivity contribution is -0.124. The minimum absolute atomic E-state index is 0.0950. The minimum Gasteiger partial charge on any atom is -0.368 e. The number of urea groups is 1. The summed E-state index contributed by atoms with van der Waals surface area (Å²) in [5.74, 6) is -0.574. The highest BCUT2D eigenvalue weighted by Crippen LogP contribution is 2.26. The molecule has 0 aliphatic heterocycles. The van der Waals surface area contributed by atoms with Crippen molar-refractivity contribution in [2.45, 2.75) is 50.6 Å². The molecule has 1 aromatic carbocycles. The smallest absolute Gasteiger partial charge is 0.315 e. The van der Waals surface area contributed by atoms with Crippen LogP contribution in [0, 0.1) is 0 Å². The first kappa shape index (κ1) is 19.8. The van der Waals surface area contributed by atoms with E-state index in [1.807, 2.05) is 6.07 Å². The molecule has 1 saturated carbocycles. The summed E-state index contributed by atoms with van der Waals surface area (Å²) >= 11 is 0. The van der Waals surface area contributed by atoms with Crippen LogP contribution in [0.5, 0.6) is 0 Å². The Labute approximate surface area is 154 Å². The Morgan fingerprint density at radius 1 is 1.12 bits per heavy atom. The minimum atomic E-state index is -0.969. The zero-order valence-electron chi connectivity index (χ0n) is 15.5. The summed E-state index contributed by atoms with van der Waals surface area (Å²) in [6.07, 6.45) is 4.98. The molecule has 0 aromatic heterocycles. The second kappa shape index (κ2) is 8.69. The fourth-order valence-corrected chi connectivity index (χ4v) is 3.28. The van der Waals surface area contributed by atoms with Gasteiger partial charge in [-0.25, -0.2) is 4.79 Å². The maximum Gasteiger partial charge on any atom is 0.315 e. The SMILES string of the molecule is CN(C)C(=O)c1cccc(CNC(=O)NC2(C(N)=O)CCCCCC2)c1. The third-order valence-corrected chi connectivity index (χ3v) is 4.81. The molecule has 0 unspecified atom stereocenters. The van der Waals surface area contributed by atoms with Crippen molar-refractivity contribution in [1.29, 1.82) is 0 Å². The van der Waals surface area contributed by atoms with Crippen LogP contribution in [0.25, 0.3) is 0 Å². The number of amides is 4. The van der Waals surface area contributed by atoms with Gasteiger partial charge in [-0.05, 0) is 30.5 Å². The van der Waals surface area contributed by atoms with Crippen LogP contribution >= 0.6 is 0 Å². The maximum absolute atomic E-state index is 12.3. The van der Waals surface area contributed by atoms with Crippen molar-refractivity contribution in [2.75, 3.05) is 14.1 Å². The van der Waals surface area contributed by atoms with E-state index in [1.165, 1.54) is 4.90 Å². The van der Waals surface area contributed by atoms with Crippen LogP contribution in [-0.4, -0.2) is 42.4 Å². The number of rotatable bonds is 5. The third-order valence-electron chi connectivity index (χ3n) is 4.81. The van der Waals surface area contributed by atoms with E-state index in [9.17, 15) is 14.4 Å². The highest BCUT2D eigenvalue weighted by Gasteiger charge is 2.38. The standard InChI is InChI=1S/C19H28N4O3/c1-23(2)16(24)15-9-7-8-14(12-15)13-21-18(26)22-19(17(20)25)10-5-3-4-6-11-19/h7-9,12H,3-6,10-11,13H2,1-2H3,(H2,20,25)(H2,21,22,26). The second-order valence-electron chi connectivity index (χ2n) is 7.07. The number of nitrogens with zero attached hydrogens (tertiary/aromatic N) is 1. The summed E-state index contributed by atoms with van der Waals surface area (Å²) < 4.78 is 0. The molecule has 4 N–H and O–H groups in total. The van der Waals surface area contributed by atoms with Gasteiger partial charge in [0.05, 0.1) is 0 Å². The maximum atomic E-state index is 12.3. The number of carbonyl (C=O) groups is 3. The van der Waals surface area contributed by atoms with Crippen molar-refractivity contribution < 1.29 is 14.4 Å². The number of benzene rings is 1. The monoisotopic (exact) mass is 360 g/mol. The van der Waals surface area contributed by atoms with Gasteiger partial charge in [-0.15, -0.1) is 0 Å². The van der Waals surface area contributed by atoms with E-state index >= 15 is 0 Å². The molecule has 1 fully saturated rings. The summed E-state index contributed by atoms with van der Waals surface area (Å²) in [7, 11) is 3.38. The van der Waals surface area contributed by atoms with Crippen LogP contribution < -0.4 is 16.4 Å². The highest BCUT2D eigenvalue weighted by molar-refractivity contribution is 5.94. The van der Waals surface area contributed by atoms with Crippen molar-refractivity contribution in [3.8, 4) is 0 Å². The first-order valence-electron chi connectivity index (χ1n) is 9.00. The molecule has 7 nitrogen and oxygen atoms in total. The van der Waals surface area contributed by atoms with E-state index in [0.29, 0.717) is 18.4 Å². The van der Waals surface area contributed by atoms with Gasteiger partial charge < -0.3 is 21.3 Å². The number of hydrogen-bond donors (Lipinski definition) is 3. The Kier molecular flexibility index (Phi) is 6.60. The Hall–Kier alpha value is -2.57. The predicted molar refractivity (Wildman–Crippen MR) is 99.5 cm³/mol. The van der Waals surface area contributed by atoms with Crippen LogP contribution in [0.3, 0.4) is 0 Å². The molecule has 0 spiro atoms. The largest absolute Gasteiger partial charge is 0.368 e. The van der Waals surface area contributed by atoms with Gasteiger partial charge in [-0.1, -0.05) is 37.8 Å². The summed E-state index contributed by atoms with van der Waals surface area (Å²) in [5, 5.41) is 5.56. The molecule has 0 atom stereocenters. The summed E-state index contributed by atoms with van der Waals surface area (Å²) in [5.41, 5.74) is 5.99. The van der Waals surface area contributed by atoms with Crippen LogP contribution in [0.1, 0.15) is 54.4 Å². The average Bonchev–Trinajstić information content (AvgIpc) is 2.86. The first-order valence-corrected chi connectivity index (χ1v) is 9.00. The molecule has 4 amide bonds. The molecule has 2 rings (SSSR count). The van der Waals surface area contributed by atoms with E-state index in [-0.39, 0.29) is 12.5 Å². The van der Waals surface area contributed by atoms with Gasteiger partial charge >= 0.3 is 6.03 Å². The van der Waals surface area contributed by atoms with E-state index < -0.39 is 17.5 Å². The van der Waals surface area contributed by atoms with Gasteiger partial charge in [0.2, 0.25) is 5.91 Å². The van der Waals surface area contributed by atoms with Gasteiger partial charge in [-0.3, -0.25) is 9.59 Å². The number of carbonyl (C=O) groups excluding carboxylic acids is 3. The molecule has 1 aromatic rings. The molecule has 1 aliphatic carbocycles. The summed E-state index contributed by atoms with van der Waals surface area (Å²) in [4.78, 5) is 37.8. The predicted octanol–water partition coefficient (Wildman–Crippen LogP) is 1.77. The molecule has 0 heterocycles. The zero-order chi connectivity index (χ0) is 19.2. The van der Waals surface area contributed by atoms with Gasteiger partial charge in [-0.2, -0.15) is 0 Å². The number of nitrogens with two attached hydrogens (primary N) is 1. The fourth-order valence-electron chi connectivity index (χ4n) is 3.28. The molecule has 26 heavy (non-hydrogen) atoms. The average molecular weight is 360 g/mol. The lowest BCUT2D eigenvalue weighted by Crippen LogP contribution is -2.59. The molecule has 142 valence electrons.